The molecule has 2 aromatic rings. The Morgan fingerprint density at radius 3 is 3.06 bits per heavy atom. The van der Waals surface area contributed by atoms with Crippen molar-refractivity contribution >= 4 is 22.6 Å². The average Bonchev–Trinajstić information content (AvgIpc) is 2.94. The lowest BCUT2D eigenvalue weighted by molar-refractivity contribution is -0.140. The molecule has 0 N–H and O–H groups in total. The highest BCUT2D eigenvalue weighted by Gasteiger charge is 2.16. The largest absolute Gasteiger partial charge is 0.340 e. The fourth-order valence-electron chi connectivity index (χ4n) is 2.14. The number of carbonyl (C=O) groups is 1. The van der Waals surface area contributed by atoms with Gasteiger partial charge < -0.3 is 4.84 Å². The van der Waals surface area contributed by atoms with Crippen LogP contribution in [0.15, 0.2) is 29.6 Å². The summed E-state index contributed by atoms with van der Waals surface area (Å²) >= 11 is 0. The second-order valence-electron chi connectivity index (χ2n) is 4.46. The second-order valence-corrected chi connectivity index (χ2v) is 4.46. The van der Waals surface area contributed by atoms with Crippen molar-refractivity contribution in [2.75, 3.05) is 0 Å². The first-order valence-corrected chi connectivity index (χ1v) is 5.88. The molecule has 1 aliphatic heterocycles. The van der Waals surface area contributed by atoms with Crippen LogP contribution in [0.1, 0.15) is 18.4 Å². The summed E-state index contributed by atoms with van der Waals surface area (Å²) in [4.78, 5) is 15.5. The molecule has 2 heterocycles. The predicted molar refractivity (Wildman–Crippen MR) is 67.2 cm³/mol. The van der Waals surface area contributed by atoms with Gasteiger partial charge in [0.05, 0.1) is 23.8 Å². The number of fused-ring (bicyclic) bond motifs is 1. The first-order chi connectivity index (χ1) is 8.72. The van der Waals surface area contributed by atoms with E-state index in [0.29, 0.717) is 6.42 Å². The van der Waals surface area contributed by atoms with Crippen LogP contribution in [0, 0.1) is 0 Å². The average molecular weight is 243 g/mol. The van der Waals surface area contributed by atoms with Crippen LogP contribution >= 0.6 is 0 Å². The fraction of sp³-hybridized carbons (Fsp3) is 0.308. The summed E-state index contributed by atoms with van der Waals surface area (Å²) in [6.45, 7) is 0. The Balaban J connectivity index is 1.73. The molecule has 1 aliphatic rings. The maximum absolute atomic E-state index is 10.9. The summed E-state index contributed by atoms with van der Waals surface area (Å²) < 4.78 is 1.85. The Morgan fingerprint density at radius 1 is 1.39 bits per heavy atom. The van der Waals surface area contributed by atoms with E-state index in [0.717, 1.165) is 29.5 Å². The van der Waals surface area contributed by atoms with Crippen molar-refractivity contribution in [2.24, 2.45) is 12.2 Å². The zero-order chi connectivity index (χ0) is 12.5. The molecule has 0 unspecified atom stereocenters. The Bertz CT molecular complexity index is 643. The van der Waals surface area contributed by atoms with Crippen molar-refractivity contribution < 1.29 is 9.63 Å². The molecule has 0 bridgehead atoms. The van der Waals surface area contributed by atoms with Gasteiger partial charge in [0.1, 0.15) is 0 Å². The molecule has 1 aromatic heterocycles. The van der Waals surface area contributed by atoms with Crippen LogP contribution in [0.25, 0.3) is 10.9 Å². The summed E-state index contributed by atoms with van der Waals surface area (Å²) in [5.74, 6) is -0.257. The van der Waals surface area contributed by atoms with E-state index >= 15 is 0 Å². The van der Waals surface area contributed by atoms with Crippen molar-refractivity contribution in [3.63, 3.8) is 0 Å². The Labute approximate surface area is 104 Å². The third-order valence-electron chi connectivity index (χ3n) is 3.14. The Hall–Kier alpha value is -2.17. The lowest BCUT2D eigenvalue weighted by atomic mass is 10.0. The second kappa shape index (κ2) is 4.25. The van der Waals surface area contributed by atoms with Crippen LogP contribution in [-0.2, 0) is 23.1 Å². The lowest BCUT2D eigenvalue weighted by Gasteiger charge is -2.01. The van der Waals surface area contributed by atoms with Crippen LogP contribution in [-0.4, -0.2) is 21.5 Å². The van der Waals surface area contributed by atoms with Gasteiger partial charge in [-0.2, -0.15) is 5.10 Å². The molecule has 0 amide bonds. The van der Waals surface area contributed by atoms with Crippen LogP contribution in [0.5, 0.6) is 0 Å². The van der Waals surface area contributed by atoms with Gasteiger partial charge in [0.25, 0.3) is 0 Å². The number of nitrogens with zero attached hydrogens (tertiary/aromatic N) is 3. The molecule has 5 heteroatoms. The molecule has 0 fully saturated rings. The number of hydrogen-bond donors (Lipinski definition) is 0. The molecule has 0 saturated carbocycles. The van der Waals surface area contributed by atoms with Crippen molar-refractivity contribution in [2.45, 2.75) is 19.3 Å². The Kier molecular flexibility index (Phi) is 2.59. The van der Waals surface area contributed by atoms with Crippen LogP contribution in [0.2, 0.25) is 0 Å². The number of carbonyl (C=O) groups excluding carboxylic acids is 1. The van der Waals surface area contributed by atoms with Gasteiger partial charge in [0.2, 0.25) is 0 Å². The minimum Gasteiger partial charge on any atom is -0.318 e. The molecule has 0 radical (unpaired) electrons. The van der Waals surface area contributed by atoms with Crippen molar-refractivity contribution in [3.8, 4) is 0 Å². The van der Waals surface area contributed by atoms with Crippen LogP contribution in [0.4, 0.5) is 0 Å². The minimum absolute atomic E-state index is 0.257. The van der Waals surface area contributed by atoms with Crippen LogP contribution < -0.4 is 0 Å². The molecule has 0 atom stereocenters. The van der Waals surface area contributed by atoms with E-state index in [9.17, 15) is 4.79 Å². The van der Waals surface area contributed by atoms with Gasteiger partial charge in [-0.3, -0.25) is 4.68 Å². The molecule has 18 heavy (non-hydrogen) atoms. The standard InChI is InChI=1S/C13H13N3O2/c1-16-12-5-3-9(6-10(12)8-14-16)2-4-11-7-13(17)18-15-11/h3,5-6,8H,2,4,7H2,1H3. The molecular weight excluding hydrogens is 230 g/mol. The van der Waals surface area contributed by atoms with E-state index in [1.54, 1.807) is 0 Å². The van der Waals surface area contributed by atoms with E-state index in [-0.39, 0.29) is 5.97 Å². The monoisotopic (exact) mass is 243 g/mol. The highest BCUT2D eigenvalue weighted by molar-refractivity contribution is 6.01. The third kappa shape index (κ3) is 1.99. The molecular formula is C13H13N3O2. The summed E-state index contributed by atoms with van der Waals surface area (Å²) in [5.41, 5.74) is 3.17. The summed E-state index contributed by atoms with van der Waals surface area (Å²) in [5, 5.41) is 9.10. The molecule has 0 aliphatic carbocycles. The minimum atomic E-state index is -0.257. The number of hydrogen-bond acceptors (Lipinski definition) is 4. The van der Waals surface area contributed by atoms with E-state index in [1.807, 2.05) is 17.9 Å². The van der Waals surface area contributed by atoms with Crippen molar-refractivity contribution in [1.29, 1.82) is 0 Å². The molecule has 0 spiro atoms. The van der Waals surface area contributed by atoms with E-state index < -0.39 is 0 Å². The fourth-order valence-corrected chi connectivity index (χ4v) is 2.14. The van der Waals surface area contributed by atoms with Crippen LogP contribution in [0.3, 0.4) is 0 Å². The summed E-state index contributed by atoms with van der Waals surface area (Å²) in [6, 6.07) is 6.28. The van der Waals surface area contributed by atoms with E-state index in [1.165, 1.54) is 5.56 Å². The zero-order valence-electron chi connectivity index (χ0n) is 10.1. The van der Waals surface area contributed by atoms with Gasteiger partial charge in [0, 0.05) is 12.4 Å². The van der Waals surface area contributed by atoms with Gasteiger partial charge >= 0.3 is 5.97 Å². The van der Waals surface area contributed by atoms with E-state index in [4.69, 9.17) is 0 Å². The zero-order valence-corrected chi connectivity index (χ0v) is 10.1. The summed E-state index contributed by atoms with van der Waals surface area (Å²) in [6.07, 6.45) is 3.81. The SMILES string of the molecule is Cn1ncc2cc(CCC3=NOC(=O)C3)ccc21. The maximum atomic E-state index is 10.9. The van der Waals surface area contributed by atoms with Gasteiger partial charge in [-0.05, 0) is 30.5 Å². The highest BCUT2D eigenvalue weighted by atomic mass is 16.7. The normalized spacial score (nSPS) is 14.9. The number of rotatable bonds is 3. The Morgan fingerprint density at radius 2 is 2.28 bits per heavy atom. The summed E-state index contributed by atoms with van der Waals surface area (Å²) in [7, 11) is 1.93. The van der Waals surface area contributed by atoms with Gasteiger partial charge in [-0.25, -0.2) is 4.79 Å². The number of aryl methyl sites for hydroxylation is 2. The van der Waals surface area contributed by atoms with Crippen molar-refractivity contribution in [3.05, 3.63) is 30.0 Å². The van der Waals surface area contributed by atoms with Gasteiger partial charge in [-0.15, -0.1) is 0 Å². The smallest absolute Gasteiger partial charge is 0.318 e. The molecule has 0 saturated heterocycles. The molecule has 5 nitrogen and oxygen atoms in total. The lowest BCUT2D eigenvalue weighted by Crippen LogP contribution is -2.00. The first kappa shape index (κ1) is 11.0. The first-order valence-electron chi connectivity index (χ1n) is 5.88. The molecule has 92 valence electrons. The molecule has 1 aromatic carbocycles. The van der Waals surface area contributed by atoms with E-state index in [2.05, 4.69) is 33.3 Å². The topological polar surface area (TPSA) is 56.5 Å². The number of oxime groups is 1. The highest BCUT2D eigenvalue weighted by Crippen LogP contribution is 2.17. The third-order valence-corrected chi connectivity index (χ3v) is 3.14. The maximum Gasteiger partial charge on any atom is 0.340 e. The van der Waals surface area contributed by atoms with Gasteiger partial charge in [-0.1, -0.05) is 11.2 Å². The van der Waals surface area contributed by atoms with Crippen molar-refractivity contribution in [1.82, 2.24) is 9.78 Å². The molecule has 3 rings (SSSR count). The predicted octanol–water partition coefficient (Wildman–Crippen LogP) is 1.81. The quantitative estimate of drug-likeness (QED) is 0.772. The van der Waals surface area contributed by atoms with Gasteiger partial charge in [0.15, 0.2) is 0 Å². The number of aromatic nitrogens is 2. The number of benzene rings is 1.